The molecule has 2 N–H and O–H groups in total. The standard InChI is InChI=1S/C76H56N8/c1-5-19-49(20-6-1)52-33-37-56(38-34-52)73-78-74(57-39-35-53(36-40-57)50-21-7-2-8-22-50)80-75(79-73)59-42-45-67(64(48-59)76-81-71(54-24-9-3-10-25-54)77-72(82-76)55-26-11-4-12-27-55)84-65-31-17-15-29-61(65)62-44-46-68-69(70(62)84)63-30-16-18-32-66(63)83(68)60-43-41-51-23-13-14-28-58(51)47-60/h1-43,45,48,60,73-74,78H,44,46-47H2,(H,79,80). The van der Waals surface area contributed by atoms with Crippen molar-refractivity contribution in [1.82, 2.24) is 34.7 Å². The number of amidine groups is 1. The molecule has 0 saturated carbocycles. The van der Waals surface area contributed by atoms with E-state index in [9.17, 15) is 0 Å². The molecule has 0 bridgehead atoms. The highest BCUT2D eigenvalue weighted by atomic mass is 15.3. The Labute approximate surface area is 487 Å². The SMILES string of the molecule is C1=CC(n2c3c(c4ccccc42)-c2c(c4ccccc4n2-c2ccc(C4=NC(c5ccc(-c6ccccc6)cc5)NC(c5ccc(-c6ccccc6)cc5)N4)cc2-c2nc(-c4ccccc4)nc(-c4ccccc4)n2)CC3)Cc2ccccc21. The van der Waals surface area contributed by atoms with Gasteiger partial charge in [-0.3, -0.25) is 5.32 Å². The first-order valence-electron chi connectivity index (χ1n) is 29.1. The highest BCUT2D eigenvalue weighted by molar-refractivity contribution is 6.06. The van der Waals surface area contributed by atoms with Crippen molar-refractivity contribution in [2.75, 3.05) is 0 Å². The lowest BCUT2D eigenvalue weighted by molar-refractivity contribution is 0.409. The molecule has 3 atom stereocenters. The van der Waals surface area contributed by atoms with E-state index in [1.807, 2.05) is 36.4 Å². The first-order valence-corrected chi connectivity index (χ1v) is 29.1. The first-order chi connectivity index (χ1) is 41.6. The number of fused-ring (bicyclic) bond motifs is 8. The van der Waals surface area contributed by atoms with Crippen LogP contribution in [-0.4, -0.2) is 29.9 Å². The van der Waals surface area contributed by atoms with Crippen LogP contribution >= 0.6 is 0 Å². The summed E-state index contributed by atoms with van der Waals surface area (Å²) in [4.78, 5) is 21.8. The summed E-state index contributed by atoms with van der Waals surface area (Å²) in [6.07, 6.45) is 6.80. The van der Waals surface area contributed by atoms with Crippen molar-refractivity contribution in [3.63, 3.8) is 0 Å². The van der Waals surface area contributed by atoms with Crippen LogP contribution in [0.5, 0.6) is 0 Å². The molecule has 0 radical (unpaired) electrons. The molecule has 0 amide bonds. The van der Waals surface area contributed by atoms with E-state index in [0.717, 1.165) is 80.8 Å². The second kappa shape index (κ2) is 20.8. The quantitative estimate of drug-likeness (QED) is 0.143. The molecule has 400 valence electrons. The minimum Gasteiger partial charge on any atom is -0.350 e. The highest BCUT2D eigenvalue weighted by Crippen LogP contribution is 2.49. The van der Waals surface area contributed by atoms with E-state index in [1.165, 1.54) is 61.1 Å². The van der Waals surface area contributed by atoms with Gasteiger partial charge in [-0.2, -0.15) is 0 Å². The zero-order valence-electron chi connectivity index (χ0n) is 46.0. The third kappa shape index (κ3) is 8.74. The van der Waals surface area contributed by atoms with Crippen LogP contribution in [0, 0.1) is 0 Å². The maximum atomic E-state index is 5.59. The Hall–Kier alpha value is -10.5. The molecule has 3 aliphatic rings. The predicted molar refractivity (Wildman–Crippen MR) is 342 cm³/mol. The molecule has 8 heteroatoms. The van der Waals surface area contributed by atoms with E-state index in [4.69, 9.17) is 19.9 Å². The second-order valence-electron chi connectivity index (χ2n) is 22.1. The summed E-state index contributed by atoms with van der Waals surface area (Å²) in [6.45, 7) is 0. The Kier molecular flexibility index (Phi) is 12.2. The van der Waals surface area contributed by atoms with E-state index in [1.54, 1.807) is 0 Å². The van der Waals surface area contributed by atoms with Gasteiger partial charge < -0.3 is 14.5 Å². The Morgan fingerprint density at radius 2 is 0.976 bits per heavy atom. The lowest BCUT2D eigenvalue weighted by Crippen LogP contribution is -2.45. The predicted octanol–water partition coefficient (Wildman–Crippen LogP) is 17.0. The summed E-state index contributed by atoms with van der Waals surface area (Å²) in [6, 6.07) is 93.0. The Morgan fingerprint density at radius 3 is 1.64 bits per heavy atom. The smallest absolute Gasteiger partial charge is 0.166 e. The fraction of sp³-hybridized carbons (Fsp3) is 0.0789. The van der Waals surface area contributed by atoms with E-state index in [2.05, 4.69) is 256 Å². The van der Waals surface area contributed by atoms with Crippen molar-refractivity contribution < 1.29 is 0 Å². The molecule has 4 heterocycles. The average Bonchev–Trinajstić information content (AvgIpc) is 2.53. The third-order valence-electron chi connectivity index (χ3n) is 17.2. The van der Waals surface area contributed by atoms with Gasteiger partial charge in [-0.05, 0) is 99.7 Å². The van der Waals surface area contributed by atoms with Crippen LogP contribution in [0.15, 0.2) is 272 Å². The maximum absolute atomic E-state index is 5.59. The van der Waals surface area contributed by atoms with Crippen LogP contribution in [-0.2, 0) is 19.3 Å². The number of aliphatic imine (C=N–C) groups is 1. The van der Waals surface area contributed by atoms with Gasteiger partial charge in [0, 0.05) is 49.8 Å². The van der Waals surface area contributed by atoms with Gasteiger partial charge >= 0.3 is 0 Å². The van der Waals surface area contributed by atoms with Crippen molar-refractivity contribution in [3.8, 4) is 73.4 Å². The van der Waals surface area contributed by atoms with E-state index >= 15 is 0 Å². The van der Waals surface area contributed by atoms with Gasteiger partial charge in [-0.15, -0.1) is 0 Å². The molecule has 10 aromatic carbocycles. The zero-order chi connectivity index (χ0) is 55.5. The van der Waals surface area contributed by atoms with Gasteiger partial charge in [0.1, 0.15) is 18.2 Å². The minimum absolute atomic E-state index is 0.162. The number of aromatic nitrogens is 5. The number of para-hydroxylation sites is 2. The monoisotopic (exact) mass is 1080 g/mol. The molecule has 16 rings (SSSR count). The van der Waals surface area contributed by atoms with Gasteiger partial charge in [0.2, 0.25) is 0 Å². The van der Waals surface area contributed by atoms with Crippen molar-refractivity contribution in [2.45, 2.75) is 37.6 Å². The number of allylic oxidation sites excluding steroid dienone is 1. The summed E-state index contributed by atoms with van der Waals surface area (Å²) in [7, 11) is 0. The van der Waals surface area contributed by atoms with E-state index in [0.29, 0.717) is 17.5 Å². The fourth-order valence-corrected chi connectivity index (χ4v) is 13.1. The Balaban J connectivity index is 0.913. The number of nitrogens with zero attached hydrogens (tertiary/aromatic N) is 6. The van der Waals surface area contributed by atoms with Gasteiger partial charge in [-0.1, -0.05) is 243 Å². The highest BCUT2D eigenvalue weighted by Gasteiger charge is 2.34. The summed E-state index contributed by atoms with van der Waals surface area (Å²) in [5.74, 6) is 2.51. The number of nitrogens with one attached hydrogen (secondary N) is 2. The van der Waals surface area contributed by atoms with Crippen LogP contribution in [0.25, 0.3) is 101 Å². The van der Waals surface area contributed by atoms with Crippen LogP contribution < -0.4 is 10.6 Å². The van der Waals surface area contributed by atoms with Gasteiger partial charge in [-0.25, -0.2) is 19.9 Å². The molecular weight excluding hydrogens is 1020 g/mol. The molecule has 0 spiro atoms. The third-order valence-corrected chi connectivity index (χ3v) is 17.2. The molecule has 2 aliphatic carbocycles. The topological polar surface area (TPSA) is 85.0 Å². The van der Waals surface area contributed by atoms with Crippen LogP contribution in [0.4, 0.5) is 0 Å². The van der Waals surface area contributed by atoms with Gasteiger partial charge in [0.25, 0.3) is 0 Å². The Morgan fingerprint density at radius 1 is 0.440 bits per heavy atom. The lowest BCUT2D eigenvalue weighted by Gasteiger charge is -2.32. The number of benzene rings is 10. The van der Waals surface area contributed by atoms with Crippen LogP contribution in [0.1, 0.15) is 57.4 Å². The first kappa shape index (κ1) is 49.3. The molecule has 1 aliphatic heterocycles. The molecular formula is C76H56N8. The van der Waals surface area contributed by atoms with Crippen molar-refractivity contribution >= 4 is 33.7 Å². The molecule has 13 aromatic rings. The van der Waals surface area contributed by atoms with Crippen molar-refractivity contribution in [1.29, 1.82) is 0 Å². The molecule has 84 heavy (non-hydrogen) atoms. The van der Waals surface area contributed by atoms with Gasteiger partial charge in [0.15, 0.2) is 17.5 Å². The second-order valence-corrected chi connectivity index (χ2v) is 22.1. The number of hydrogen-bond acceptors (Lipinski definition) is 6. The number of hydrogen-bond donors (Lipinski definition) is 2. The normalized spacial score (nSPS) is 16.1. The largest absolute Gasteiger partial charge is 0.350 e. The van der Waals surface area contributed by atoms with Crippen molar-refractivity contribution in [2.24, 2.45) is 4.99 Å². The lowest BCUT2D eigenvalue weighted by atomic mass is 9.90. The molecule has 8 nitrogen and oxygen atoms in total. The molecule has 3 aromatic heterocycles. The maximum Gasteiger partial charge on any atom is 0.166 e. The summed E-state index contributed by atoms with van der Waals surface area (Å²) in [5, 5.41) is 10.3. The summed E-state index contributed by atoms with van der Waals surface area (Å²) in [5.41, 5.74) is 21.6. The fourth-order valence-electron chi connectivity index (χ4n) is 13.1. The average molecular weight is 1080 g/mol. The molecule has 3 unspecified atom stereocenters. The van der Waals surface area contributed by atoms with Crippen LogP contribution in [0.3, 0.4) is 0 Å². The number of aryl methyl sites for hydroxylation is 1. The van der Waals surface area contributed by atoms with Crippen molar-refractivity contribution in [3.05, 3.63) is 306 Å². The summed E-state index contributed by atoms with van der Waals surface area (Å²) >= 11 is 0. The van der Waals surface area contributed by atoms with Crippen LogP contribution in [0.2, 0.25) is 0 Å². The molecule has 0 fully saturated rings. The van der Waals surface area contributed by atoms with E-state index in [-0.39, 0.29) is 18.4 Å². The Bertz CT molecular complexity index is 4620. The minimum atomic E-state index is -0.386. The zero-order valence-corrected chi connectivity index (χ0v) is 46.0. The number of rotatable bonds is 10. The van der Waals surface area contributed by atoms with E-state index < -0.39 is 0 Å². The summed E-state index contributed by atoms with van der Waals surface area (Å²) < 4.78 is 5.17. The van der Waals surface area contributed by atoms with Gasteiger partial charge in [0.05, 0.1) is 22.9 Å². The molecule has 0 saturated heterocycles.